The van der Waals surface area contributed by atoms with Gasteiger partial charge in [0.05, 0.1) is 19.8 Å². The Kier molecular flexibility index (Phi) is 10.8. The third-order valence-corrected chi connectivity index (χ3v) is 5.97. The molecule has 0 saturated carbocycles. The van der Waals surface area contributed by atoms with Gasteiger partial charge in [-0.2, -0.15) is 0 Å². The number of hydrogen-bond acceptors (Lipinski definition) is 7. The number of rotatable bonds is 13. The molecule has 206 valence electrons. The van der Waals surface area contributed by atoms with Crippen molar-refractivity contribution in [2.24, 2.45) is 0 Å². The molecule has 0 bridgehead atoms. The third kappa shape index (κ3) is 8.22. The van der Waals surface area contributed by atoms with Gasteiger partial charge in [0, 0.05) is 29.9 Å². The molecule has 1 heterocycles. The standard InChI is InChI=1S/C31H34FNO6/c1-5-38-29(36)16-25(35)15-24(34)12-13-26-27(20(2)3)17-28(37-4)31(39-19-21-7-6-14-33-18-21)30(26)22-8-10-23(32)11-9-22/h6-14,17-18,20,24,34H,5,15-16,19H2,1-4H3. The summed E-state index contributed by atoms with van der Waals surface area (Å²) in [6.45, 7) is 6.11. The van der Waals surface area contributed by atoms with Gasteiger partial charge in [0.25, 0.3) is 0 Å². The second-order valence-corrected chi connectivity index (χ2v) is 9.25. The zero-order chi connectivity index (χ0) is 28.4. The predicted molar refractivity (Wildman–Crippen MR) is 147 cm³/mol. The van der Waals surface area contributed by atoms with E-state index < -0.39 is 24.3 Å². The van der Waals surface area contributed by atoms with E-state index in [1.165, 1.54) is 18.2 Å². The number of benzene rings is 2. The summed E-state index contributed by atoms with van der Waals surface area (Å²) in [5, 5.41) is 10.6. The number of methoxy groups -OCH3 is 1. The molecular formula is C31H34FNO6. The molecule has 8 heteroatoms. The Labute approximate surface area is 228 Å². The summed E-state index contributed by atoms with van der Waals surface area (Å²) in [5.74, 6) is -0.424. The quantitative estimate of drug-likeness (QED) is 0.216. The zero-order valence-corrected chi connectivity index (χ0v) is 22.6. The molecule has 0 amide bonds. The van der Waals surface area contributed by atoms with Crippen LogP contribution in [0.25, 0.3) is 17.2 Å². The van der Waals surface area contributed by atoms with Crippen molar-refractivity contribution in [3.8, 4) is 22.6 Å². The largest absolute Gasteiger partial charge is 0.493 e. The third-order valence-electron chi connectivity index (χ3n) is 5.97. The number of Topliss-reactive ketones (excluding diaryl/α,β-unsaturated/α-hetero) is 1. The van der Waals surface area contributed by atoms with Gasteiger partial charge in [-0.3, -0.25) is 14.6 Å². The number of ketones is 1. The molecule has 1 unspecified atom stereocenters. The first-order valence-corrected chi connectivity index (χ1v) is 12.8. The molecule has 0 spiro atoms. The van der Waals surface area contributed by atoms with Crippen molar-refractivity contribution in [2.45, 2.75) is 52.2 Å². The van der Waals surface area contributed by atoms with Crippen molar-refractivity contribution < 1.29 is 33.3 Å². The molecular weight excluding hydrogens is 501 g/mol. The van der Waals surface area contributed by atoms with Gasteiger partial charge in [-0.15, -0.1) is 0 Å². The number of carbonyl (C=O) groups excluding carboxylic acids is 2. The minimum Gasteiger partial charge on any atom is -0.493 e. The van der Waals surface area contributed by atoms with Gasteiger partial charge >= 0.3 is 5.97 Å². The van der Waals surface area contributed by atoms with Crippen LogP contribution < -0.4 is 9.47 Å². The first kappa shape index (κ1) is 29.5. The van der Waals surface area contributed by atoms with Crippen LogP contribution >= 0.6 is 0 Å². The average Bonchev–Trinajstić information content (AvgIpc) is 2.91. The monoisotopic (exact) mass is 535 g/mol. The number of nitrogens with zero attached hydrogens (tertiary/aromatic N) is 1. The summed E-state index contributed by atoms with van der Waals surface area (Å²) < 4.78 is 30.7. The summed E-state index contributed by atoms with van der Waals surface area (Å²) in [6.07, 6.45) is 4.86. The van der Waals surface area contributed by atoms with E-state index in [2.05, 4.69) is 4.98 Å². The van der Waals surface area contributed by atoms with Crippen LogP contribution in [0.5, 0.6) is 11.5 Å². The van der Waals surface area contributed by atoms with E-state index in [0.29, 0.717) is 22.6 Å². The molecule has 1 N–H and O–H groups in total. The maximum Gasteiger partial charge on any atom is 0.313 e. The molecule has 1 aromatic heterocycles. The maximum absolute atomic E-state index is 13.9. The van der Waals surface area contributed by atoms with E-state index in [0.717, 1.165) is 16.7 Å². The molecule has 1 atom stereocenters. The summed E-state index contributed by atoms with van der Waals surface area (Å²) in [4.78, 5) is 28.0. The molecule has 0 aliphatic carbocycles. The van der Waals surface area contributed by atoms with Gasteiger partial charge in [0.15, 0.2) is 11.5 Å². The molecule has 0 radical (unpaired) electrons. The van der Waals surface area contributed by atoms with Gasteiger partial charge in [-0.05, 0) is 53.8 Å². The van der Waals surface area contributed by atoms with E-state index in [9.17, 15) is 19.1 Å². The zero-order valence-electron chi connectivity index (χ0n) is 22.6. The Morgan fingerprint density at radius 2 is 1.90 bits per heavy atom. The number of aromatic nitrogens is 1. The number of pyridine rings is 1. The van der Waals surface area contributed by atoms with Gasteiger partial charge < -0.3 is 19.3 Å². The van der Waals surface area contributed by atoms with Crippen LogP contribution in [0.1, 0.15) is 56.2 Å². The van der Waals surface area contributed by atoms with Crippen LogP contribution in [0.4, 0.5) is 4.39 Å². The summed E-state index contributed by atoms with van der Waals surface area (Å²) in [6, 6.07) is 11.6. The van der Waals surface area contributed by atoms with Gasteiger partial charge in [0.1, 0.15) is 24.6 Å². The van der Waals surface area contributed by atoms with Crippen LogP contribution in [-0.2, 0) is 20.9 Å². The summed E-state index contributed by atoms with van der Waals surface area (Å²) >= 11 is 0. The fourth-order valence-corrected chi connectivity index (χ4v) is 4.12. The molecule has 0 saturated heterocycles. The highest BCUT2D eigenvalue weighted by atomic mass is 19.1. The van der Waals surface area contributed by atoms with E-state index >= 15 is 0 Å². The Balaban J connectivity index is 2.07. The van der Waals surface area contributed by atoms with Crippen LogP contribution in [0, 0.1) is 5.82 Å². The molecule has 2 aromatic carbocycles. The molecule has 3 aromatic rings. The molecule has 0 aliphatic rings. The van der Waals surface area contributed by atoms with Crippen molar-refractivity contribution in [3.05, 3.63) is 83.4 Å². The van der Waals surface area contributed by atoms with Crippen molar-refractivity contribution >= 4 is 17.8 Å². The fourth-order valence-electron chi connectivity index (χ4n) is 4.12. The number of aliphatic hydroxyl groups excluding tert-OH is 1. The fraction of sp³-hybridized carbons (Fsp3) is 0.323. The second kappa shape index (κ2) is 14.2. The summed E-state index contributed by atoms with van der Waals surface area (Å²) in [5.41, 5.74) is 3.83. The topological polar surface area (TPSA) is 95.0 Å². The van der Waals surface area contributed by atoms with Gasteiger partial charge in [-0.25, -0.2) is 4.39 Å². The number of esters is 1. The van der Waals surface area contributed by atoms with E-state index in [4.69, 9.17) is 14.2 Å². The SMILES string of the molecule is CCOC(=O)CC(=O)CC(O)C=Cc1c(C(C)C)cc(OC)c(OCc2cccnc2)c1-c1ccc(F)cc1. The van der Waals surface area contributed by atoms with Crippen LogP contribution in [0.2, 0.25) is 0 Å². The lowest BCUT2D eigenvalue weighted by molar-refractivity contribution is -0.145. The van der Waals surface area contributed by atoms with Crippen molar-refractivity contribution in [2.75, 3.05) is 13.7 Å². The normalized spacial score (nSPS) is 12.0. The highest BCUT2D eigenvalue weighted by Crippen LogP contribution is 2.45. The van der Waals surface area contributed by atoms with Crippen LogP contribution in [0.3, 0.4) is 0 Å². The Bertz CT molecular complexity index is 1290. The number of ether oxygens (including phenoxy) is 3. The average molecular weight is 536 g/mol. The number of halogens is 1. The molecule has 3 rings (SSSR count). The number of hydrogen-bond donors (Lipinski definition) is 1. The predicted octanol–water partition coefficient (Wildman–Crippen LogP) is 5.89. The molecule has 39 heavy (non-hydrogen) atoms. The van der Waals surface area contributed by atoms with Crippen molar-refractivity contribution in [1.29, 1.82) is 0 Å². The minimum atomic E-state index is -1.13. The van der Waals surface area contributed by atoms with Crippen molar-refractivity contribution in [3.63, 3.8) is 0 Å². The van der Waals surface area contributed by atoms with Gasteiger partial charge in [-0.1, -0.05) is 44.2 Å². The van der Waals surface area contributed by atoms with E-state index in [1.54, 1.807) is 44.6 Å². The Hall–Kier alpha value is -4.04. The molecule has 7 nitrogen and oxygen atoms in total. The second-order valence-electron chi connectivity index (χ2n) is 9.25. The first-order chi connectivity index (χ1) is 18.7. The molecule has 0 aliphatic heterocycles. The van der Waals surface area contributed by atoms with Gasteiger partial charge in [0.2, 0.25) is 0 Å². The van der Waals surface area contributed by atoms with Crippen LogP contribution in [-0.4, -0.2) is 41.7 Å². The smallest absolute Gasteiger partial charge is 0.313 e. The maximum atomic E-state index is 13.9. The first-order valence-electron chi connectivity index (χ1n) is 12.8. The Morgan fingerprint density at radius 3 is 2.51 bits per heavy atom. The lowest BCUT2D eigenvalue weighted by Gasteiger charge is -2.22. The summed E-state index contributed by atoms with van der Waals surface area (Å²) in [7, 11) is 1.55. The van der Waals surface area contributed by atoms with E-state index in [1.807, 2.05) is 32.0 Å². The molecule has 0 fully saturated rings. The lowest BCUT2D eigenvalue weighted by Crippen LogP contribution is -2.16. The minimum absolute atomic E-state index is 0.0488. The Morgan fingerprint density at radius 1 is 1.15 bits per heavy atom. The number of carbonyl (C=O) groups is 2. The number of aliphatic hydroxyl groups is 1. The van der Waals surface area contributed by atoms with Crippen LogP contribution in [0.15, 0.2) is 60.9 Å². The van der Waals surface area contributed by atoms with E-state index in [-0.39, 0.29) is 31.4 Å². The highest BCUT2D eigenvalue weighted by molar-refractivity contribution is 5.96. The van der Waals surface area contributed by atoms with Crippen molar-refractivity contribution in [1.82, 2.24) is 4.98 Å². The lowest BCUT2D eigenvalue weighted by atomic mass is 9.88. The highest BCUT2D eigenvalue weighted by Gasteiger charge is 2.23.